The number of likely N-dealkylation sites (tertiary alicyclic amines) is 1. The number of carboxylic acids is 1. The first-order valence-electron chi connectivity index (χ1n) is 12.8. The van der Waals surface area contributed by atoms with Gasteiger partial charge < -0.3 is 15.0 Å². The van der Waals surface area contributed by atoms with Crippen molar-refractivity contribution in [1.82, 2.24) is 14.8 Å². The average molecular weight is 474 g/mol. The fraction of sp³-hybridized carbons (Fsp3) is 0.433. The zero-order chi connectivity index (χ0) is 24.9. The van der Waals surface area contributed by atoms with Crippen LogP contribution in [-0.2, 0) is 19.6 Å². The van der Waals surface area contributed by atoms with Crippen LogP contribution in [0, 0.1) is 33.6 Å². The largest absolute Gasteiger partial charge is 0.478 e. The number of aryl methyl sites for hydroxylation is 2. The van der Waals surface area contributed by atoms with Crippen molar-refractivity contribution >= 4 is 5.97 Å². The number of carboxylic acid groups (broad SMARTS) is 1. The van der Waals surface area contributed by atoms with E-state index in [1.54, 1.807) is 0 Å². The van der Waals surface area contributed by atoms with Gasteiger partial charge in [0.2, 0.25) is 0 Å². The number of hydrogen-bond donors (Lipinski definition) is 2. The van der Waals surface area contributed by atoms with E-state index in [1.807, 2.05) is 6.92 Å². The molecule has 2 heterocycles. The number of nitrogens with zero attached hydrogens (tertiary/aromatic N) is 2. The minimum atomic E-state index is -0.838. The molecule has 0 amide bonds. The zero-order valence-corrected chi connectivity index (χ0v) is 21.6. The maximum absolute atomic E-state index is 12.1. The van der Waals surface area contributed by atoms with Crippen LogP contribution >= 0.6 is 0 Å². The number of aromatic nitrogens is 1. The molecule has 0 saturated carbocycles. The number of carbonyl (C=O) groups is 1. The van der Waals surface area contributed by atoms with E-state index < -0.39 is 5.97 Å². The Morgan fingerprint density at radius 2 is 1.63 bits per heavy atom. The van der Waals surface area contributed by atoms with E-state index in [-0.39, 0.29) is 0 Å². The van der Waals surface area contributed by atoms with Crippen molar-refractivity contribution in [3.05, 3.63) is 93.3 Å². The summed E-state index contributed by atoms with van der Waals surface area (Å²) in [6.45, 7) is 13.7. The summed E-state index contributed by atoms with van der Waals surface area (Å²) in [5, 5.41) is 13.6. The highest BCUT2D eigenvalue weighted by Gasteiger charge is 2.24. The SMILES string of the molecule is Cc1ccc(CN2CCC(CNCc3c(C(=O)O)c(C)n(Cc4cccc(C)c4)c3C)CC2)cc1. The maximum atomic E-state index is 12.1. The second-order valence-electron chi connectivity index (χ2n) is 10.2. The van der Waals surface area contributed by atoms with Gasteiger partial charge in [0.25, 0.3) is 0 Å². The number of piperidine rings is 1. The third kappa shape index (κ3) is 6.22. The lowest BCUT2D eigenvalue weighted by Crippen LogP contribution is -2.36. The van der Waals surface area contributed by atoms with E-state index in [0.29, 0.717) is 24.6 Å². The van der Waals surface area contributed by atoms with Crippen LogP contribution in [0.4, 0.5) is 0 Å². The minimum absolute atomic E-state index is 0.454. The van der Waals surface area contributed by atoms with Crippen LogP contribution in [0.2, 0.25) is 0 Å². The van der Waals surface area contributed by atoms with Gasteiger partial charge in [0, 0.05) is 36.6 Å². The number of aromatic carboxylic acids is 1. The summed E-state index contributed by atoms with van der Waals surface area (Å²) in [5.41, 5.74) is 8.35. The molecule has 5 nitrogen and oxygen atoms in total. The molecule has 0 bridgehead atoms. The molecule has 35 heavy (non-hydrogen) atoms. The predicted molar refractivity (Wildman–Crippen MR) is 142 cm³/mol. The smallest absolute Gasteiger partial charge is 0.337 e. The molecule has 2 N–H and O–H groups in total. The van der Waals surface area contributed by atoms with Crippen LogP contribution in [0.1, 0.15) is 62.4 Å². The first-order valence-corrected chi connectivity index (χ1v) is 12.8. The van der Waals surface area contributed by atoms with Crippen molar-refractivity contribution in [2.24, 2.45) is 5.92 Å². The van der Waals surface area contributed by atoms with E-state index in [1.165, 1.54) is 35.1 Å². The highest BCUT2D eigenvalue weighted by atomic mass is 16.4. The zero-order valence-electron chi connectivity index (χ0n) is 21.6. The topological polar surface area (TPSA) is 57.5 Å². The van der Waals surface area contributed by atoms with Gasteiger partial charge in [-0.05, 0) is 77.2 Å². The second-order valence-corrected chi connectivity index (χ2v) is 10.2. The molecule has 5 heteroatoms. The Balaban J connectivity index is 1.34. The van der Waals surface area contributed by atoms with Gasteiger partial charge in [-0.3, -0.25) is 4.90 Å². The average Bonchev–Trinajstić information content (AvgIpc) is 3.06. The third-order valence-corrected chi connectivity index (χ3v) is 7.52. The fourth-order valence-corrected chi connectivity index (χ4v) is 5.38. The van der Waals surface area contributed by atoms with Gasteiger partial charge in [-0.1, -0.05) is 59.7 Å². The van der Waals surface area contributed by atoms with Crippen molar-refractivity contribution in [3.63, 3.8) is 0 Å². The molecule has 0 spiro atoms. The van der Waals surface area contributed by atoms with Crippen LogP contribution in [-0.4, -0.2) is 40.2 Å². The highest BCUT2D eigenvalue weighted by Crippen LogP contribution is 2.25. The maximum Gasteiger partial charge on any atom is 0.337 e. The van der Waals surface area contributed by atoms with Gasteiger partial charge in [-0.2, -0.15) is 0 Å². The molecule has 4 rings (SSSR count). The highest BCUT2D eigenvalue weighted by molar-refractivity contribution is 5.91. The number of benzene rings is 2. The molecule has 0 aliphatic carbocycles. The Bertz CT molecular complexity index is 1160. The second kappa shape index (κ2) is 11.2. The van der Waals surface area contributed by atoms with Crippen molar-refractivity contribution in [3.8, 4) is 0 Å². The van der Waals surface area contributed by atoms with E-state index in [4.69, 9.17) is 0 Å². The van der Waals surface area contributed by atoms with E-state index in [9.17, 15) is 9.90 Å². The molecule has 0 unspecified atom stereocenters. The van der Waals surface area contributed by atoms with Gasteiger partial charge in [0.05, 0.1) is 5.56 Å². The standard InChI is InChI=1S/C30H39N3O2/c1-21-8-10-26(11-9-21)19-32-14-12-25(13-15-32)17-31-18-28-23(3)33(24(4)29(28)30(34)35)20-27-7-5-6-22(2)16-27/h5-11,16,25,31H,12-15,17-20H2,1-4H3,(H,34,35). The van der Waals surface area contributed by atoms with Crippen molar-refractivity contribution in [2.45, 2.75) is 60.2 Å². The van der Waals surface area contributed by atoms with Crippen LogP contribution in [0.15, 0.2) is 48.5 Å². The number of rotatable bonds is 9. The molecule has 186 valence electrons. The van der Waals surface area contributed by atoms with Crippen LogP contribution in [0.25, 0.3) is 0 Å². The molecule has 1 saturated heterocycles. The van der Waals surface area contributed by atoms with Crippen molar-refractivity contribution in [1.29, 1.82) is 0 Å². The quantitative estimate of drug-likeness (QED) is 0.433. The Hall–Kier alpha value is -2.89. The molecular formula is C30H39N3O2. The molecule has 0 radical (unpaired) electrons. The molecule has 0 atom stereocenters. The van der Waals surface area contributed by atoms with Crippen LogP contribution in [0.3, 0.4) is 0 Å². The molecule has 2 aromatic carbocycles. The summed E-state index contributed by atoms with van der Waals surface area (Å²) in [4.78, 5) is 14.7. The summed E-state index contributed by atoms with van der Waals surface area (Å²) >= 11 is 0. The van der Waals surface area contributed by atoms with Crippen molar-refractivity contribution in [2.75, 3.05) is 19.6 Å². The lowest BCUT2D eigenvalue weighted by Gasteiger charge is -2.32. The molecule has 1 aliphatic heterocycles. The van der Waals surface area contributed by atoms with E-state index >= 15 is 0 Å². The lowest BCUT2D eigenvalue weighted by molar-refractivity contribution is 0.0694. The Morgan fingerprint density at radius 3 is 2.29 bits per heavy atom. The van der Waals surface area contributed by atoms with Gasteiger partial charge in [-0.25, -0.2) is 4.79 Å². The lowest BCUT2D eigenvalue weighted by atomic mass is 9.96. The summed E-state index contributed by atoms with van der Waals surface area (Å²) in [5.74, 6) is -0.205. The summed E-state index contributed by atoms with van der Waals surface area (Å²) < 4.78 is 2.15. The Kier molecular flexibility index (Phi) is 8.09. The van der Waals surface area contributed by atoms with Gasteiger partial charge in [0.1, 0.15) is 0 Å². The van der Waals surface area contributed by atoms with Gasteiger partial charge in [0.15, 0.2) is 0 Å². The van der Waals surface area contributed by atoms with Crippen LogP contribution in [0.5, 0.6) is 0 Å². The first kappa shape index (κ1) is 25.2. The Morgan fingerprint density at radius 1 is 0.914 bits per heavy atom. The summed E-state index contributed by atoms with van der Waals surface area (Å²) in [6, 6.07) is 17.3. The predicted octanol–water partition coefficient (Wildman–Crippen LogP) is 5.47. The molecular weight excluding hydrogens is 434 g/mol. The molecule has 1 aromatic heterocycles. The third-order valence-electron chi connectivity index (χ3n) is 7.52. The molecule has 1 aliphatic rings. The summed E-state index contributed by atoms with van der Waals surface area (Å²) in [6.07, 6.45) is 2.36. The molecule has 3 aromatic rings. The fourth-order valence-electron chi connectivity index (χ4n) is 5.38. The van der Waals surface area contributed by atoms with Crippen molar-refractivity contribution < 1.29 is 9.90 Å². The monoisotopic (exact) mass is 473 g/mol. The summed E-state index contributed by atoms with van der Waals surface area (Å²) in [7, 11) is 0. The first-order chi connectivity index (χ1) is 16.8. The Labute approximate surface area is 209 Å². The van der Waals surface area contributed by atoms with Gasteiger partial charge in [-0.15, -0.1) is 0 Å². The normalized spacial score (nSPS) is 15.0. The van der Waals surface area contributed by atoms with E-state index in [2.05, 4.69) is 84.1 Å². The van der Waals surface area contributed by atoms with Gasteiger partial charge >= 0.3 is 5.97 Å². The number of nitrogens with one attached hydrogen (secondary N) is 1. The minimum Gasteiger partial charge on any atom is -0.478 e. The molecule has 1 fully saturated rings. The van der Waals surface area contributed by atoms with E-state index in [0.717, 1.165) is 43.1 Å². The number of hydrogen-bond acceptors (Lipinski definition) is 3. The van der Waals surface area contributed by atoms with Crippen LogP contribution < -0.4 is 5.32 Å².